The highest BCUT2D eigenvalue weighted by Crippen LogP contribution is 2.25. The van der Waals surface area contributed by atoms with Crippen molar-refractivity contribution < 1.29 is 23.1 Å². The van der Waals surface area contributed by atoms with Crippen LogP contribution in [0, 0.1) is 0 Å². The topological polar surface area (TPSA) is 128 Å². The number of nitrogens with zero attached hydrogens (tertiary/aromatic N) is 2. The highest BCUT2D eigenvalue weighted by Gasteiger charge is 2.24. The molecule has 3 N–H and O–H groups in total. The Kier molecular flexibility index (Phi) is 9.41. The molecule has 0 radical (unpaired) electrons. The van der Waals surface area contributed by atoms with Gasteiger partial charge in [-0.05, 0) is 29.8 Å². The van der Waals surface area contributed by atoms with E-state index in [0.717, 1.165) is 11.1 Å². The molecule has 0 aliphatic carbocycles. The van der Waals surface area contributed by atoms with Crippen molar-refractivity contribution in [1.29, 1.82) is 0 Å². The number of hydrogen-bond acceptors (Lipinski definition) is 7. The summed E-state index contributed by atoms with van der Waals surface area (Å²) in [5, 5.41) is 15.4. The molecule has 1 aliphatic heterocycles. The van der Waals surface area contributed by atoms with Crippen LogP contribution >= 0.6 is 23.2 Å². The normalized spacial score (nSPS) is 13.9. The van der Waals surface area contributed by atoms with E-state index in [4.69, 9.17) is 23.2 Å². The van der Waals surface area contributed by atoms with Crippen LogP contribution in [0.5, 0.6) is 0 Å². The lowest BCUT2D eigenvalue weighted by atomic mass is 10.1. The number of nitrogens with one attached hydrogen (secondary N) is 2. The lowest BCUT2D eigenvalue weighted by Gasteiger charge is -2.14. The molecule has 0 aromatic heterocycles. The summed E-state index contributed by atoms with van der Waals surface area (Å²) < 4.78 is 24.8. The largest absolute Gasteiger partial charge is 0.465 e. The maximum absolute atomic E-state index is 12.4. The molecule has 0 bridgehead atoms. The number of halogens is 2. The van der Waals surface area contributed by atoms with E-state index in [2.05, 4.69) is 15.6 Å². The van der Waals surface area contributed by atoms with Crippen LogP contribution in [0.4, 0.5) is 4.79 Å². The average Bonchev–Trinajstić information content (AvgIpc) is 3.31. The molecule has 0 unspecified atom stereocenters. The first-order valence-electron chi connectivity index (χ1n) is 10.6. The van der Waals surface area contributed by atoms with Crippen molar-refractivity contribution in [3.8, 4) is 0 Å². The highest BCUT2D eigenvalue weighted by molar-refractivity contribution is 7.91. The van der Waals surface area contributed by atoms with Crippen LogP contribution in [0.25, 0.3) is 0 Å². The summed E-state index contributed by atoms with van der Waals surface area (Å²) in [6.45, 7) is 1.54. The molecule has 9 nitrogen and oxygen atoms in total. The van der Waals surface area contributed by atoms with Crippen molar-refractivity contribution in [2.45, 2.75) is 11.4 Å². The Morgan fingerprint density at radius 3 is 2.57 bits per heavy atom. The van der Waals surface area contributed by atoms with Gasteiger partial charge in [0.05, 0.1) is 29.6 Å². The molecular weight excluding hydrogens is 515 g/mol. The summed E-state index contributed by atoms with van der Waals surface area (Å²) in [7, 11) is -3.67. The standard InChI is InChI=1S/C23H24Cl2N4O5S/c24-18-7-8-20(25)21(12-18)35(33,34)15-26-9-1-2-19(30)14-27-13-16-3-5-17(6-4-16)22-28-10-11-29(22)23(31)32/h1-8,12,26-27H,9-11,13-15H2,(H,31,32). The predicted octanol–water partition coefficient (Wildman–Crippen LogP) is 2.97. The zero-order chi connectivity index (χ0) is 25.4. The average molecular weight is 539 g/mol. The maximum Gasteiger partial charge on any atom is 0.413 e. The SMILES string of the molecule is O=C(C=CCNCS(=O)(=O)c1cc(Cl)ccc1Cl)CNCc1ccc(C2=NCCN2C(=O)O)cc1. The number of benzene rings is 2. The molecule has 186 valence electrons. The molecule has 35 heavy (non-hydrogen) atoms. The van der Waals surface area contributed by atoms with E-state index in [-0.39, 0.29) is 39.7 Å². The summed E-state index contributed by atoms with van der Waals surface area (Å²) >= 11 is 11.8. The van der Waals surface area contributed by atoms with Gasteiger partial charge in [-0.1, -0.05) is 53.5 Å². The number of carboxylic acid groups (broad SMARTS) is 1. The molecule has 1 amide bonds. The molecule has 2 aromatic rings. The van der Waals surface area contributed by atoms with Gasteiger partial charge in [-0.25, -0.2) is 13.2 Å². The first kappa shape index (κ1) is 26.8. The van der Waals surface area contributed by atoms with Crippen molar-refractivity contribution in [2.24, 2.45) is 4.99 Å². The van der Waals surface area contributed by atoms with E-state index < -0.39 is 15.9 Å². The lowest BCUT2D eigenvalue weighted by Crippen LogP contribution is -2.33. The Labute approximate surface area is 213 Å². The van der Waals surface area contributed by atoms with Crippen LogP contribution in [0.2, 0.25) is 10.0 Å². The van der Waals surface area contributed by atoms with Gasteiger partial charge in [-0.2, -0.15) is 0 Å². The second-order valence-corrected chi connectivity index (χ2v) is 10.4. The van der Waals surface area contributed by atoms with E-state index in [1.165, 1.54) is 29.2 Å². The Morgan fingerprint density at radius 2 is 1.86 bits per heavy atom. The molecule has 1 aliphatic rings. The van der Waals surface area contributed by atoms with E-state index >= 15 is 0 Å². The second-order valence-electron chi connectivity index (χ2n) is 7.60. The molecule has 0 saturated heterocycles. The summed E-state index contributed by atoms with van der Waals surface area (Å²) in [4.78, 5) is 28.7. The fourth-order valence-electron chi connectivity index (χ4n) is 3.30. The van der Waals surface area contributed by atoms with Crippen LogP contribution < -0.4 is 10.6 Å². The van der Waals surface area contributed by atoms with Gasteiger partial charge in [0.1, 0.15) is 11.7 Å². The molecule has 1 heterocycles. The number of hydrogen-bond donors (Lipinski definition) is 3. The Hall–Kier alpha value is -2.76. The zero-order valence-electron chi connectivity index (χ0n) is 18.6. The minimum atomic E-state index is -3.67. The molecule has 0 atom stereocenters. The van der Waals surface area contributed by atoms with E-state index in [1.807, 2.05) is 12.1 Å². The number of sulfone groups is 1. The van der Waals surface area contributed by atoms with Crippen molar-refractivity contribution in [2.75, 3.05) is 32.1 Å². The lowest BCUT2D eigenvalue weighted by molar-refractivity contribution is -0.113. The van der Waals surface area contributed by atoms with Gasteiger partial charge < -0.3 is 10.4 Å². The van der Waals surface area contributed by atoms with Crippen molar-refractivity contribution in [3.63, 3.8) is 0 Å². The Balaban J connectivity index is 1.38. The van der Waals surface area contributed by atoms with Crippen molar-refractivity contribution in [3.05, 3.63) is 75.8 Å². The fourth-order valence-corrected chi connectivity index (χ4v) is 5.22. The third-order valence-corrected chi connectivity index (χ3v) is 7.27. The third kappa shape index (κ3) is 7.61. The number of amides is 1. The summed E-state index contributed by atoms with van der Waals surface area (Å²) in [5.74, 6) is -0.0767. The van der Waals surface area contributed by atoms with Gasteiger partial charge in [0, 0.05) is 23.7 Å². The molecule has 0 fully saturated rings. The van der Waals surface area contributed by atoms with Crippen molar-refractivity contribution >= 4 is 50.8 Å². The number of carbonyl (C=O) groups is 2. The van der Waals surface area contributed by atoms with E-state index in [1.54, 1.807) is 18.2 Å². The number of carbonyl (C=O) groups excluding carboxylic acids is 1. The minimum absolute atomic E-state index is 0.0492. The van der Waals surface area contributed by atoms with E-state index in [9.17, 15) is 23.1 Å². The predicted molar refractivity (Wildman–Crippen MR) is 135 cm³/mol. The first-order chi connectivity index (χ1) is 16.7. The molecule has 2 aromatic carbocycles. The Morgan fingerprint density at radius 1 is 1.11 bits per heavy atom. The molecule has 3 rings (SSSR count). The molecular formula is C23H24Cl2N4O5S. The summed E-state index contributed by atoms with van der Waals surface area (Å²) in [5.41, 5.74) is 1.65. The van der Waals surface area contributed by atoms with Gasteiger partial charge in [0.2, 0.25) is 0 Å². The van der Waals surface area contributed by atoms with Gasteiger partial charge in [-0.3, -0.25) is 20.0 Å². The van der Waals surface area contributed by atoms with Crippen LogP contribution in [0.1, 0.15) is 11.1 Å². The van der Waals surface area contributed by atoms with E-state index in [0.29, 0.717) is 25.5 Å². The van der Waals surface area contributed by atoms with Crippen LogP contribution in [0.15, 0.2) is 64.5 Å². The fraction of sp³-hybridized carbons (Fsp3) is 0.261. The van der Waals surface area contributed by atoms with Gasteiger partial charge in [-0.15, -0.1) is 0 Å². The van der Waals surface area contributed by atoms with Crippen LogP contribution in [0.3, 0.4) is 0 Å². The van der Waals surface area contributed by atoms with Gasteiger partial charge in [0.25, 0.3) is 0 Å². The third-order valence-electron chi connectivity index (χ3n) is 5.00. The number of ketones is 1. The minimum Gasteiger partial charge on any atom is -0.465 e. The molecule has 12 heteroatoms. The summed E-state index contributed by atoms with van der Waals surface area (Å²) in [6, 6.07) is 11.5. The molecule has 0 saturated carbocycles. The number of aliphatic imine (C=N–C) groups is 1. The number of amidine groups is 1. The smallest absolute Gasteiger partial charge is 0.413 e. The maximum atomic E-state index is 12.4. The zero-order valence-corrected chi connectivity index (χ0v) is 20.9. The first-order valence-corrected chi connectivity index (χ1v) is 13.0. The second kappa shape index (κ2) is 12.3. The van der Waals surface area contributed by atoms with Gasteiger partial charge >= 0.3 is 6.09 Å². The Bertz CT molecular complexity index is 1250. The molecule has 0 spiro atoms. The van der Waals surface area contributed by atoms with Gasteiger partial charge in [0.15, 0.2) is 15.6 Å². The number of rotatable bonds is 11. The summed E-state index contributed by atoms with van der Waals surface area (Å²) in [6.07, 6.45) is 1.89. The van der Waals surface area contributed by atoms with Crippen LogP contribution in [-0.2, 0) is 21.2 Å². The monoisotopic (exact) mass is 538 g/mol. The van der Waals surface area contributed by atoms with Crippen molar-refractivity contribution in [1.82, 2.24) is 15.5 Å². The van der Waals surface area contributed by atoms with Crippen LogP contribution in [-0.4, -0.2) is 68.2 Å². The quantitative estimate of drug-likeness (QED) is 0.296. The highest BCUT2D eigenvalue weighted by atomic mass is 35.5.